The Hall–Kier alpha value is -0.570. The first-order chi connectivity index (χ1) is 6.85. The Morgan fingerprint density at radius 3 is 2.60 bits per heavy atom. The van der Waals surface area contributed by atoms with Gasteiger partial charge in [-0.1, -0.05) is 0 Å². The zero-order chi connectivity index (χ0) is 11.6. The molecule has 84 valence electrons. The van der Waals surface area contributed by atoms with Crippen LogP contribution in [0.15, 0.2) is 6.20 Å². The van der Waals surface area contributed by atoms with E-state index in [4.69, 9.17) is 5.11 Å². The van der Waals surface area contributed by atoms with E-state index in [2.05, 4.69) is 9.72 Å². The summed E-state index contributed by atoms with van der Waals surface area (Å²) < 4.78 is 40.2. The standard InChI is InChI=1S/C8H7F3INO2/c1-4-5(3-14)7(13-2-6(4)12)15-8(9,10)11/h2,14H,3H2,1H3. The highest BCUT2D eigenvalue weighted by Crippen LogP contribution is 2.28. The van der Waals surface area contributed by atoms with Gasteiger partial charge in [-0.2, -0.15) is 0 Å². The molecule has 1 aromatic heterocycles. The van der Waals surface area contributed by atoms with E-state index >= 15 is 0 Å². The Kier molecular flexibility index (Phi) is 3.77. The third-order valence-corrected chi connectivity index (χ3v) is 2.82. The van der Waals surface area contributed by atoms with Crippen LogP contribution in [0.4, 0.5) is 13.2 Å². The van der Waals surface area contributed by atoms with Crippen molar-refractivity contribution in [1.82, 2.24) is 4.98 Å². The van der Waals surface area contributed by atoms with Gasteiger partial charge in [0.25, 0.3) is 0 Å². The van der Waals surface area contributed by atoms with Crippen LogP contribution in [0.3, 0.4) is 0 Å². The van der Waals surface area contributed by atoms with Gasteiger partial charge in [0.2, 0.25) is 5.88 Å². The molecule has 0 aliphatic rings. The number of hydrogen-bond donors (Lipinski definition) is 1. The van der Waals surface area contributed by atoms with Crippen LogP contribution in [0.2, 0.25) is 0 Å². The van der Waals surface area contributed by atoms with Crippen LogP contribution in [0.5, 0.6) is 5.88 Å². The molecular weight excluding hydrogens is 326 g/mol. The largest absolute Gasteiger partial charge is 0.574 e. The lowest BCUT2D eigenvalue weighted by molar-refractivity contribution is -0.276. The fraction of sp³-hybridized carbons (Fsp3) is 0.375. The average Bonchev–Trinajstić information content (AvgIpc) is 2.10. The molecule has 0 fully saturated rings. The Morgan fingerprint density at radius 1 is 1.53 bits per heavy atom. The highest BCUT2D eigenvalue weighted by Gasteiger charge is 2.33. The van der Waals surface area contributed by atoms with E-state index in [0.717, 1.165) is 0 Å². The van der Waals surface area contributed by atoms with E-state index in [9.17, 15) is 13.2 Å². The number of ether oxygens (including phenoxy) is 1. The van der Waals surface area contributed by atoms with Crippen molar-refractivity contribution in [1.29, 1.82) is 0 Å². The summed E-state index contributed by atoms with van der Waals surface area (Å²) in [7, 11) is 0. The van der Waals surface area contributed by atoms with Gasteiger partial charge >= 0.3 is 6.36 Å². The molecule has 1 N–H and O–H groups in total. The maximum atomic E-state index is 11.9. The van der Waals surface area contributed by atoms with Crippen molar-refractivity contribution in [2.24, 2.45) is 0 Å². The van der Waals surface area contributed by atoms with Gasteiger partial charge < -0.3 is 9.84 Å². The van der Waals surface area contributed by atoms with E-state index in [1.807, 2.05) is 22.6 Å². The molecule has 3 nitrogen and oxygen atoms in total. The van der Waals surface area contributed by atoms with E-state index < -0.39 is 18.8 Å². The molecular formula is C8H7F3INO2. The Morgan fingerprint density at radius 2 is 2.13 bits per heavy atom. The van der Waals surface area contributed by atoms with Gasteiger partial charge in [0.15, 0.2) is 0 Å². The summed E-state index contributed by atoms with van der Waals surface area (Å²) in [4.78, 5) is 3.49. The second kappa shape index (κ2) is 4.52. The summed E-state index contributed by atoms with van der Waals surface area (Å²) in [6.45, 7) is 1.05. The van der Waals surface area contributed by atoms with Crippen molar-refractivity contribution in [3.05, 3.63) is 20.9 Å². The van der Waals surface area contributed by atoms with Crippen molar-refractivity contribution in [3.8, 4) is 5.88 Å². The van der Waals surface area contributed by atoms with Crippen LogP contribution in [0, 0.1) is 10.5 Å². The van der Waals surface area contributed by atoms with Crippen molar-refractivity contribution < 1.29 is 23.0 Å². The van der Waals surface area contributed by atoms with Crippen molar-refractivity contribution >= 4 is 22.6 Å². The minimum Gasteiger partial charge on any atom is -0.391 e. The number of halogens is 4. The maximum Gasteiger partial charge on any atom is 0.574 e. The summed E-state index contributed by atoms with van der Waals surface area (Å²) in [5, 5.41) is 8.93. The zero-order valence-corrected chi connectivity index (χ0v) is 9.76. The monoisotopic (exact) mass is 333 g/mol. The van der Waals surface area contributed by atoms with Gasteiger partial charge in [0.1, 0.15) is 0 Å². The second-order valence-electron chi connectivity index (χ2n) is 2.72. The second-order valence-corrected chi connectivity index (χ2v) is 3.88. The van der Waals surface area contributed by atoms with Gasteiger partial charge in [-0.3, -0.25) is 0 Å². The molecule has 0 unspecified atom stereocenters. The number of aromatic nitrogens is 1. The number of aliphatic hydroxyl groups excluding tert-OH is 1. The van der Waals surface area contributed by atoms with Crippen LogP contribution in [-0.4, -0.2) is 16.5 Å². The molecule has 7 heteroatoms. The first-order valence-corrected chi connectivity index (χ1v) is 4.93. The molecule has 1 heterocycles. The molecule has 0 radical (unpaired) electrons. The van der Waals surface area contributed by atoms with Crippen molar-refractivity contribution in [2.45, 2.75) is 19.9 Å². The van der Waals surface area contributed by atoms with Gasteiger partial charge in [0.05, 0.1) is 6.61 Å². The molecule has 0 aromatic carbocycles. The summed E-state index contributed by atoms with van der Waals surface area (Å²) in [5.41, 5.74) is 0.589. The third-order valence-electron chi connectivity index (χ3n) is 1.73. The van der Waals surface area contributed by atoms with Gasteiger partial charge in [-0.15, -0.1) is 13.2 Å². The highest BCUT2D eigenvalue weighted by molar-refractivity contribution is 14.1. The van der Waals surface area contributed by atoms with Gasteiger partial charge in [0, 0.05) is 15.3 Å². The fourth-order valence-electron chi connectivity index (χ4n) is 0.978. The summed E-state index contributed by atoms with van der Waals surface area (Å²) in [6, 6.07) is 0. The fourth-order valence-corrected chi connectivity index (χ4v) is 1.44. The van der Waals surface area contributed by atoms with Crippen LogP contribution >= 0.6 is 22.6 Å². The third kappa shape index (κ3) is 3.20. The normalized spacial score (nSPS) is 11.6. The topological polar surface area (TPSA) is 42.4 Å². The predicted molar refractivity (Wildman–Crippen MR) is 54.3 cm³/mol. The summed E-state index contributed by atoms with van der Waals surface area (Å²) in [6.07, 6.45) is -3.54. The molecule has 1 rings (SSSR count). The number of pyridine rings is 1. The SMILES string of the molecule is Cc1c(I)cnc(OC(F)(F)F)c1CO. The molecule has 0 amide bonds. The average molecular weight is 333 g/mol. The van der Waals surface area contributed by atoms with Crippen LogP contribution in [-0.2, 0) is 6.61 Å². The van der Waals surface area contributed by atoms with E-state index in [1.165, 1.54) is 6.20 Å². The molecule has 0 spiro atoms. The minimum absolute atomic E-state index is 0.0548. The first-order valence-electron chi connectivity index (χ1n) is 3.85. The van der Waals surface area contributed by atoms with E-state index in [1.54, 1.807) is 6.92 Å². The zero-order valence-electron chi connectivity index (χ0n) is 7.60. The first kappa shape index (κ1) is 12.5. The molecule has 0 aliphatic carbocycles. The molecule has 0 saturated heterocycles. The Balaban J connectivity index is 3.14. The summed E-state index contributed by atoms with van der Waals surface area (Å²) in [5.74, 6) is -0.595. The van der Waals surface area contributed by atoms with Crippen LogP contribution in [0.1, 0.15) is 11.1 Å². The highest BCUT2D eigenvalue weighted by atomic mass is 127. The molecule has 1 aromatic rings. The smallest absolute Gasteiger partial charge is 0.391 e. The van der Waals surface area contributed by atoms with Crippen LogP contribution < -0.4 is 4.74 Å². The number of rotatable bonds is 2. The van der Waals surface area contributed by atoms with Crippen molar-refractivity contribution in [3.63, 3.8) is 0 Å². The Labute approximate surface area is 97.4 Å². The number of aliphatic hydroxyl groups is 1. The molecule has 0 saturated carbocycles. The van der Waals surface area contributed by atoms with Gasteiger partial charge in [-0.05, 0) is 35.1 Å². The van der Waals surface area contributed by atoms with Gasteiger partial charge in [-0.25, -0.2) is 4.98 Å². The molecule has 0 bridgehead atoms. The van der Waals surface area contributed by atoms with Crippen LogP contribution in [0.25, 0.3) is 0 Å². The predicted octanol–water partition coefficient (Wildman–Crippen LogP) is 2.39. The quantitative estimate of drug-likeness (QED) is 0.845. The Bertz CT molecular complexity index is 368. The van der Waals surface area contributed by atoms with E-state index in [0.29, 0.717) is 9.13 Å². The molecule has 0 atom stereocenters. The lowest BCUT2D eigenvalue weighted by atomic mass is 10.2. The lowest BCUT2D eigenvalue weighted by Gasteiger charge is -2.13. The number of alkyl halides is 3. The minimum atomic E-state index is -4.80. The van der Waals surface area contributed by atoms with Crippen molar-refractivity contribution in [2.75, 3.05) is 0 Å². The summed E-state index contributed by atoms with van der Waals surface area (Å²) >= 11 is 1.92. The number of nitrogens with zero attached hydrogens (tertiary/aromatic N) is 1. The maximum absolute atomic E-state index is 11.9. The number of hydrogen-bond acceptors (Lipinski definition) is 3. The lowest BCUT2D eigenvalue weighted by Crippen LogP contribution is -2.19. The molecule has 0 aliphatic heterocycles. The van der Waals surface area contributed by atoms with E-state index in [-0.39, 0.29) is 5.56 Å². The molecule has 15 heavy (non-hydrogen) atoms.